The minimum atomic E-state index is -0.569. The van der Waals surface area contributed by atoms with Crippen molar-refractivity contribution in [2.45, 2.75) is 52.1 Å². The Morgan fingerprint density at radius 2 is 2.13 bits per heavy atom. The molecular formula is C25H28F2N2O. The number of nitrogens with one attached hydrogen (secondary N) is 1. The van der Waals surface area contributed by atoms with Crippen LogP contribution in [0.2, 0.25) is 0 Å². The van der Waals surface area contributed by atoms with Crippen molar-refractivity contribution in [2.75, 3.05) is 6.61 Å². The first kappa shape index (κ1) is 20.7. The maximum Gasteiger partial charge on any atom is 0.129 e. The van der Waals surface area contributed by atoms with Crippen LogP contribution >= 0.6 is 0 Å². The molecule has 2 aliphatic rings. The minimum absolute atomic E-state index is 0.304. The summed E-state index contributed by atoms with van der Waals surface area (Å²) in [6.07, 6.45) is 12.4. The first-order valence-corrected chi connectivity index (χ1v) is 10.6. The van der Waals surface area contributed by atoms with Crippen LogP contribution in [0.25, 0.3) is 6.08 Å². The van der Waals surface area contributed by atoms with Gasteiger partial charge in [0.15, 0.2) is 0 Å². The van der Waals surface area contributed by atoms with Crippen molar-refractivity contribution in [3.05, 3.63) is 82.2 Å². The average Bonchev–Trinajstić information content (AvgIpc) is 3.16. The zero-order valence-corrected chi connectivity index (χ0v) is 17.7. The number of halogens is 2. The summed E-state index contributed by atoms with van der Waals surface area (Å²) >= 11 is 0. The Hall–Kier alpha value is -2.53. The van der Waals surface area contributed by atoms with Gasteiger partial charge in [0, 0.05) is 24.0 Å². The van der Waals surface area contributed by atoms with E-state index in [1.165, 1.54) is 6.07 Å². The largest absolute Gasteiger partial charge is 0.373 e. The average molecular weight is 411 g/mol. The van der Waals surface area contributed by atoms with Crippen molar-refractivity contribution in [3.8, 4) is 0 Å². The molecule has 1 heterocycles. The molecule has 0 spiro atoms. The molecule has 3 nitrogen and oxygen atoms in total. The number of benzene rings is 1. The Labute approximate surface area is 176 Å². The number of hydrogen-bond acceptors (Lipinski definition) is 2. The number of ether oxygens (including phenoxy) is 1. The van der Waals surface area contributed by atoms with Crippen LogP contribution in [0.1, 0.15) is 56.4 Å². The van der Waals surface area contributed by atoms with E-state index in [2.05, 4.69) is 42.3 Å². The van der Waals surface area contributed by atoms with E-state index in [-0.39, 0.29) is 12.0 Å². The molecule has 2 aliphatic carbocycles. The summed E-state index contributed by atoms with van der Waals surface area (Å²) < 4.78 is 35.3. The van der Waals surface area contributed by atoms with Gasteiger partial charge >= 0.3 is 0 Å². The number of hydrogen-bond donors (Lipinski definition) is 1. The molecule has 3 atom stereocenters. The van der Waals surface area contributed by atoms with Crippen molar-refractivity contribution in [3.63, 3.8) is 0 Å². The minimum Gasteiger partial charge on any atom is -0.373 e. The van der Waals surface area contributed by atoms with Crippen LogP contribution in [-0.4, -0.2) is 22.9 Å². The highest BCUT2D eigenvalue weighted by Crippen LogP contribution is 2.52. The van der Waals surface area contributed by atoms with Crippen LogP contribution < -0.4 is 0 Å². The van der Waals surface area contributed by atoms with E-state index in [4.69, 9.17) is 4.74 Å². The molecule has 2 unspecified atom stereocenters. The van der Waals surface area contributed by atoms with E-state index in [0.717, 1.165) is 41.3 Å². The maximum absolute atomic E-state index is 15.2. The summed E-state index contributed by atoms with van der Waals surface area (Å²) in [6, 6.07) is 3.91. The number of nitrogens with zero attached hydrogens (tertiary/aromatic N) is 1. The first-order valence-electron chi connectivity index (χ1n) is 10.6. The van der Waals surface area contributed by atoms with Crippen molar-refractivity contribution < 1.29 is 13.5 Å². The van der Waals surface area contributed by atoms with Crippen molar-refractivity contribution in [1.29, 1.82) is 0 Å². The zero-order valence-electron chi connectivity index (χ0n) is 17.7. The summed E-state index contributed by atoms with van der Waals surface area (Å²) in [5, 5.41) is 7.23. The van der Waals surface area contributed by atoms with Crippen LogP contribution in [0, 0.1) is 17.0 Å². The molecule has 1 N–H and O–H groups in total. The molecule has 5 heteroatoms. The Morgan fingerprint density at radius 1 is 1.30 bits per heavy atom. The van der Waals surface area contributed by atoms with E-state index < -0.39 is 17.0 Å². The third-order valence-corrected chi connectivity index (χ3v) is 6.62. The Balaban J connectivity index is 1.89. The number of rotatable bonds is 6. The highest BCUT2D eigenvalue weighted by Gasteiger charge is 2.46. The molecule has 2 aromatic rings. The lowest BCUT2D eigenvalue weighted by molar-refractivity contribution is 0.0333. The first-order chi connectivity index (χ1) is 14.4. The fraction of sp³-hybridized carbons (Fsp3) is 0.400. The fourth-order valence-electron chi connectivity index (χ4n) is 4.91. The van der Waals surface area contributed by atoms with Gasteiger partial charge < -0.3 is 4.74 Å². The predicted octanol–water partition coefficient (Wildman–Crippen LogP) is 6.12. The molecule has 1 aromatic heterocycles. The van der Waals surface area contributed by atoms with E-state index in [9.17, 15) is 4.39 Å². The third-order valence-electron chi connectivity index (χ3n) is 6.62. The van der Waals surface area contributed by atoms with Crippen LogP contribution in [0.4, 0.5) is 8.78 Å². The van der Waals surface area contributed by atoms with Crippen LogP contribution in [-0.2, 0) is 11.2 Å². The van der Waals surface area contributed by atoms with E-state index >= 15 is 4.39 Å². The van der Waals surface area contributed by atoms with Gasteiger partial charge in [-0.05, 0) is 62.0 Å². The lowest BCUT2D eigenvalue weighted by atomic mass is 9.60. The SMILES string of the molecule is CCO[C@@H](C1=CC=CCC1)C(c1ccc(F)cc1F)C1(C)Cc2cn[nH]c2C=C1C. The highest BCUT2D eigenvalue weighted by atomic mass is 19.1. The molecule has 0 aliphatic heterocycles. The summed E-state index contributed by atoms with van der Waals surface area (Å²) in [7, 11) is 0. The highest BCUT2D eigenvalue weighted by molar-refractivity contribution is 5.58. The Kier molecular flexibility index (Phi) is 5.74. The van der Waals surface area contributed by atoms with Gasteiger partial charge in [0.25, 0.3) is 0 Å². The molecule has 0 amide bonds. The standard InChI is InChI=1S/C25H28F2N2O/c1-4-30-24(17-8-6-5-7-9-17)23(20-11-10-19(26)13-21(20)27)25(3)14-18-15-28-29-22(18)12-16(25)2/h5-6,8,10-13,15,23-24H,4,7,9,14H2,1-3H3,(H,28,29)/t23?,24-,25?/m0/s1. The number of allylic oxidation sites excluding steroid dienone is 4. The molecule has 0 fully saturated rings. The van der Waals surface area contributed by atoms with Gasteiger partial charge in [0.1, 0.15) is 11.6 Å². The molecule has 0 saturated heterocycles. The molecule has 0 bridgehead atoms. The summed E-state index contributed by atoms with van der Waals surface area (Å²) in [5.74, 6) is -1.40. The monoisotopic (exact) mass is 410 g/mol. The Morgan fingerprint density at radius 3 is 2.83 bits per heavy atom. The summed E-state index contributed by atoms with van der Waals surface area (Å²) in [5.41, 5.74) is 4.45. The summed E-state index contributed by atoms with van der Waals surface area (Å²) in [4.78, 5) is 0. The second-order valence-electron chi connectivity index (χ2n) is 8.46. The molecule has 1 aromatic carbocycles. The van der Waals surface area contributed by atoms with Gasteiger partial charge in [0.05, 0.1) is 18.0 Å². The number of fused-ring (bicyclic) bond motifs is 1. The number of aromatic amines is 1. The maximum atomic E-state index is 15.2. The molecule has 30 heavy (non-hydrogen) atoms. The second kappa shape index (κ2) is 8.31. The normalized spacial score (nSPS) is 22.8. The topological polar surface area (TPSA) is 37.9 Å². The van der Waals surface area contributed by atoms with Gasteiger partial charge in [-0.2, -0.15) is 5.10 Å². The van der Waals surface area contributed by atoms with Crippen LogP contribution in [0.3, 0.4) is 0 Å². The van der Waals surface area contributed by atoms with Crippen LogP contribution in [0.5, 0.6) is 0 Å². The molecule has 0 saturated carbocycles. The second-order valence-corrected chi connectivity index (χ2v) is 8.46. The van der Waals surface area contributed by atoms with Gasteiger partial charge in [0.2, 0.25) is 0 Å². The number of H-pyrrole nitrogens is 1. The van der Waals surface area contributed by atoms with E-state index in [1.807, 2.05) is 19.2 Å². The van der Waals surface area contributed by atoms with Crippen LogP contribution in [0.15, 0.2) is 53.8 Å². The molecular weight excluding hydrogens is 382 g/mol. The number of aromatic nitrogens is 2. The zero-order chi connectivity index (χ0) is 21.3. The summed E-state index contributed by atoms with van der Waals surface area (Å²) in [6.45, 7) is 6.72. The molecule has 4 rings (SSSR count). The molecule has 0 radical (unpaired) electrons. The van der Waals surface area contributed by atoms with Gasteiger partial charge in [-0.25, -0.2) is 8.78 Å². The van der Waals surface area contributed by atoms with Gasteiger partial charge in [-0.15, -0.1) is 0 Å². The third kappa shape index (κ3) is 3.67. The van der Waals surface area contributed by atoms with E-state index in [0.29, 0.717) is 18.6 Å². The van der Waals surface area contributed by atoms with Gasteiger partial charge in [-0.3, -0.25) is 5.10 Å². The predicted molar refractivity (Wildman–Crippen MR) is 115 cm³/mol. The van der Waals surface area contributed by atoms with E-state index in [1.54, 1.807) is 6.07 Å². The quantitative estimate of drug-likeness (QED) is 0.623. The van der Waals surface area contributed by atoms with Gasteiger partial charge in [-0.1, -0.05) is 36.8 Å². The lowest BCUT2D eigenvalue weighted by Crippen LogP contribution is -2.41. The van der Waals surface area contributed by atoms with Crippen molar-refractivity contribution in [2.24, 2.45) is 5.41 Å². The van der Waals surface area contributed by atoms with Crippen molar-refractivity contribution >= 4 is 6.08 Å². The van der Waals surface area contributed by atoms with Crippen molar-refractivity contribution in [1.82, 2.24) is 10.2 Å². The fourth-order valence-corrected chi connectivity index (χ4v) is 4.91. The lowest BCUT2D eigenvalue weighted by Gasteiger charge is -2.45. The smallest absolute Gasteiger partial charge is 0.129 e. The Bertz CT molecular complexity index is 1020. The molecule has 158 valence electrons.